The second-order valence-corrected chi connectivity index (χ2v) is 4.87. The Morgan fingerprint density at radius 3 is 2.71 bits per heavy atom. The number of aryl methyl sites for hydroxylation is 2. The van der Waals surface area contributed by atoms with Crippen molar-refractivity contribution in [3.63, 3.8) is 0 Å². The molecule has 0 fully saturated rings. The van der Waals surface area contributed by atoms with Gasteiger partial charge in [0.15, 0.2) is 0 Å². The summed E-state index contributed by atoms with van der Waals surface area (Å²) in [5.74, 6) is 0.0290. The van der Waals surface area contributed by atoms with Crippen molar-refractivity contribution < 1.29 is 14.3 Å². The molecule has 2 rings (SSSR count). The largest absolute Gasteiger partial charge is 0.495 e. The van der Waals surface area contributed by atoms with Crippen LogP contribution in [0.2, 0.25) is 5.15 Å². The fraction of sp³-hybridized carbons (Fsp3) is 0.286. The Morgan fingerprint density at radius 2 is 2.19 bits per heavy atom. The van der Waals surface area contributed by atoms with E-state index in [1.807, 2.05) is 0 Å². The quantitative estimate of drug-likeness (QED) is 0.692. The van der Waals surface area contributed by atoms with E-state index in [0.29, 0.717) is 27.7 Å². The van der Waals surface area contributed by atoms with E-state index >= 15 is 0 Å². The van der Waals surface area contributed by atoms with Gasteiger partial charge in [-0.3, -0.25) is 4.68 Å². The monoisotopic (exact) mass is 309 g/mol. The van der Waals surface area contributed by atoms with Crippen LogP contribution in [-0.4, -0.2) is 22.9 Å². The van der Waals surface area contributed by atoms with Crippen LogP contribution in [-0.2, 0) is 18.4 Å². The van der Waals surface area contributed by atoms with Crippen molar-refractivity contribution in [3.8, 4) is 5.75 Å². The molecule has 6 nitrogen and oxygen atoms in total. The summed E-state index contributed by atoms with van der Waals surface area (Å²) in [5.41, 5.74) is 7.91. The predicted octanol–water partition coefficient (Wildman–Crippen LogP) is 2.33. The van der Waals surface area contributed by atoms with Gasteiger partial charge in [-0.2, -0.15) is 5.10 Å². The molecule has 0 amide bonds. The van der Waals surface area contributed by atoms with Crippen LogP contribution < -0.4 is 10.5 Å². The normalized spacial score (nSPS) is 10.5. The Labute approximate surface area is 127 Å². The molecule has 112 valence electrons. The molecular weight excluding hydrogens is 294 g/mol. The molecule has 2 N–H and O–H groups in total. The maximum Gasteiger partial charge on any atom is 0.338 e. The molecule has 0 saturated heterocycles. The van der Waals surface area contributed by atoms with Crippen molar-refractivity contribution in [2.75, 3.05) is 12.8 Å². The summed E-state index contributed by atoms with van der Waals surface area (Å²) in [6.45, 7) is 1.86. The van der Waals surface area contributed by atoms with Gasteiger partial charge in [-0.25, -0.2) is 4.79 Å². The molecular formula is C14H16ClN3O3. The molecule has 2 aromatic rings. The number of benzene rings is 1. The summed E-state index contributed by atoms with van der Waals surface area (Å²) in [7, 11) is 3.24. The minimum atomic E-state index is -0.483. The number of hydrogen-bond donors (Lipinski definition) is 1. The van der Waals surface area contributed by atoms with Crippen molar-refractivity contribution in [1.29, 1.82) is 0 Å². The first-order valence-corrected chi connectivity index (χ1v) is 6.60. The molecule has 0 saturated carbocycles. The highest BCUT2D eigenvalue weighted by atomic mass is 35.5. The number of ether oxygens (including phenoxy) is 2. The second kappa shape index (κ2) is 6.05. The zero-order chi connectivity index (χ0) is 15.6. The van der Waals surface area contributed by atoms with Gasteiger partial charge in [-0.1, -0.05) is 11.6 Å². The Hall–Kier alpha value is -2.21. The third kappa shape index (κ3) is 3.11. The molecule has 0 bridgehead atoms. The Kier molecular flexibility index (Phi) is 4.37. The molecule has 0 atom stereocenters. The molecule has 21 heavy (non-hydrogen) atoms. The van der Waals surface area contributed by atoms with Crippen LogP contribution in [0.5, 0.6) is 5.75 Å². The van der Waals surface area contributed by atoms with E-state index < -0.39 is 5.97 Å². The molecule has 7 heteroatoms. The molecule has 0 unspecified atom stereocenters. The summed E-state index contributed by atoms with van der Waals surface area (Å²) in [4.78, 5) is 12.0. The summed E-state index contributed by atoms with van der Waals surface area (Å²) >= 11 is 6.08. The highest BCUT2D eigenvalue weighted by molar-refractivity contribution is 6.30. The van der Waals surface area contributed by atoms with Gasteiger partial charge in [-0.15, -0.1) is 0 Å². The van der Waals surface area contributed by atoms with Gasteiger partial charge >= 0.3 is 5.97 Å². The van der Waals surface area contributed by atoms with E-state index in [4.69, 9.17) is 26.8 Å². The van der Waals surface area contributed by atoms with E-state index in [1.54, 1.807) is 26.1 Å². The zero-order valence-corrected chi connectivity index (χ0v) is 12.8. The lowest BCUT2D eigenvalue weighted by atomic mass is 10.2. The second-order valence-electron chi connectivity index (χ2n) is 4.51. The Bertz CT molecular complexity index is 682. The molecule has 0 spiro atoms. The van der Waals surface area contributed by atoms with Gasteiger partial charge in [-0.05, 0) is 25.1 Å². The SMILES string of the molecule is COc1ccc(C(=O)OCc2c(C)nn(C)c2Cl)cc1N. The number of hydrogen-bond acceptors (Lipinski definition) is 5. The number of carbonyl (C=O) groups excluding carboxylic acids is 1. The number of aromatic nitrogens is 2. The van der Waals surface area contributed by atoms with E-state index in [1.165, 1.54) is 17.9 Å². The van der Waals surface area contributed by atoms with Gasteiger partial charge in [0, 0.05) is 12.6 Å². The van der Waals surface area contributed by atoms with Crippen LogP contribution in [0, 0.1) is 6.92 Å². The van der Waals surface area contributed by atoms with Crippen molar-refractivity contribution >= 4 is 23.3 Å². The fourth-order valence-electron chi connectivity index (χ4n) is 1.92. The standard InChI is InChI=1S/C14H16ClN3O3/c1-8-10(13(15)18(2)17-8)7-21-14(19)9-4-5-12(20-3)11(16)6-9/h4-6H,7,16H2,1-3H3. The minimum Gasteiger partial charge on any atom is -0.495 e. The number of nitrogens with two attached hydrogens (primary N) is 1. The maximum absolute atomic E-state index is 12.0. The van der Waals surface area contributed by atoms with E-state index in [0.717, 1.165) is 5.69 Å². The lowest BCUT2D eigenvalue weighted by Crippen LogP contribution is -2.07. The van der Waals surface area contributed by atoms with Crippen molar-refractivity contribution in [3.05, 3.63) is 40.2 Å². The molecule has 0 radical (unpaired) electrons. The number of carbonyl (C=O) groups is 1. The van der Waals surface area contributed by atoms with Crippen LogP contribution in [0.25, 0.3) is 0 Å². The Balaban J connectivity index is 2.10. The fourth-order valence-corrected chi connectivity index (χ4v) is 2.15. The number of anilines is 1. The number of esters is 1. The van der Waals surface area contributed by atoms with E-state index in [2.05, 4.69) is 5.10 Å². The molecule has 0 aliphatic carbocycles. The maximum atomic E-state index is 12.0. The van der Waals surface area contributed by atoms with Gasteiger partial charge in [0.25, 0.3) is 0 Å². The van der Waals surface area contributed by atoms with Gasteiger partial charge in [0.05, 0.1) is 24.1 Å². The highest BCUT2D eigenvalue weighted by Crippen LogP contribution is 2.23. The van der Waals surface area contributed by atoms with Crippen molar-refractivity contribution in [1.82, 2.24) is 9.78 Å². The average Bonchev–Trinajstić information content (AvgIpc) is 2.69. The number of rotatable bonds is 4. The van der Waals surface area contributed by atoms with Crippen LogP contribution >= 0.6 is 11.6 Å². The third-order valence-electron chi connectivity index (χ3n) is 3.08. The van der Waals surface area contributed by atoms with Gasteiger partial charge in [0.1, 0.15) is 17.5 Å². The summed E-state index contributed by atoms with van der Waals surface area (Å²) in [5, 5.41) is 4.61. The Morgan fingerprint density at radius 1 is 1.48 bits per heavy atom. The van der Waals surface area contributed by atoms with E-state index in [9.17, 15) is 4.79 Å². The summed E-state index contributed by atoms with van der Waals surface area (Å²) in [6, 6.07) is 4.72. The van der Waals surface area contributed by atoms with Crippen LogP contribution in [0.3, 0.4) is 0 Å². The third-order valence-corrected chi connectivity index (χ3v) is 3.56. The lowest BCUT2D eigenvalue weighted by molar-refractivity contribution is 0.0472. The van der Waals surface area contributed by atoms with Crippen LogP contribution in [0.15, 0.2) is 18.2 Å². The molecule has 0 aliphatic rings. The van der Waals surface area contributed by atoms with Gasteiger partial charge in [0.2, 0.25) is 0 Å². The number of nitrogen functional groups attached to an aromatic ring is 1. The smallest absolute Gasteiger partial charge is 0.338 e. The van der Waals surface area contributed by atoms with Crippen molar-refractivity contribution in [2.24, 2.45) is 7.05 Å². The zero-order valence-electron chi connectivity index (χ0n) is 12.0. The van der Waals surface area contributed by atoms with Crippen molar-refractivity contribution in [2.45, 2.75) is 13.5 Å². The van der Waals surface area contributed by atoms with Gasteiger partial charge < -0.3 is 15.2 Å². The minimum absolute atomic E-state index is 0.0588. The first-order valence-electron chi connectivity index (χ1n) is 6.22. The summed E-state index contributed by atoms with van der Waals surface area (Å²) < 4.78 is 11.8. The molecule has 1 aromatic heterocycles. The lowest BCUT2D eigenvalue weighted by Gasteiger charge is -2.08. The average molecular weight is 310 g/mol. The summed E-state index contributed by atoms with van der Waals surface area (Å²) in [6.07, 6.45) is 0. The first-order chi connectivity index (χ1) is 9.93. The number of nitrogens with zero attached hydrogens (tertiary/aromatic N) is 2. The molecule has 0 aliphatic heterocycles. The number of halogens is 1. The van der Waals surface area contributed by atoms with E-state index in [-0.39, 0.29) is 6.61 Å². The molecule has 1 aromatic carbocycles. The molecule has 1 heterocycles. The number of methoxy groups -OCH3 is 1. The topological polar surface area (TPSA) is 79.4 Å². The van der Waals surface area contributed by atoms with Crippen LogP contribution in [0.1, 0.15) is 21.6 Å². The predicted molar refractivity (Wildman–Crippen MR) is 79.5 cm³/mol. The highest BCUT2D eigenvalue weighted by Gasteiger charge is 2.15. The first kappa shape index (κ1) is 15.2. The van der Waals surface area contributed by atoms with Crippen LogP contribution in [0.4, 0.5) is 5.69 Å².